The van der Waals surface area contributed by atoms with E-state index in [0.29, 0.717) is 32.4 Å². The van der Waals surface area contributed by atoms with Gasteiger partial charge in [-0.3, -0.25) is 4.79 Å². The second kappa shape index (κ2) is 10.4. The Balaban J connectivity index is 1.41. The summed E-state index contributed by atoms with van der Waals surface area (Å²) in [5.41, 5.74) is 1.58. The number of fused-ring (bicyclic) bond motifs is 2. The Morgan fingerprint density at radius 1 is 1.00 bits per heavy atom. The zero-order valence-electron chi connectivity index (χ0n) is 20.9. The highest BCUT2D eigenvalue weighted by Gasteiger charge is 2.31. The third-order valence-corrected chi connectivity index (χ3v) is 5.97. The molecule has 2 amide bonds. The number of anilines is 2. The molecule has 4 rings (SSSR count). The normalized spacial score (nSPS) is 12.0. The van der Waals surface area contributed by atoms with Gasteiger partial charge in [0, 0.05) is 31.8 Å². The molecule has 14 heteroatoms. The third-order valence-electron chi connectivity index (χ3n) is 5.03. The first-order valence-corrected chi connectivity index (χ1v) is 12.2. The van der Waals surface area contributed by atoms with Crippen LogP contribution in [0, 0.1) is 0 Å². The summed E-state index contributed by atoms with van der Waals surface area (Å²) in [4.78, 5) is 33.2. The van der Waals surface area contributed by atoms with Gasteiger partial charge < -0.3 is 30.0 Å². The molecule has 0 spiro atoms. The molecule has 2 aromatic heterocycles. The molecule has 3 N–H and O–H groups in total. The number of carbonyl (C=O) groups is 2. The maximum atomic E-state index is 12.6. The average Bonchev–Trinajstić information content (AvgIpc) is 3.33. The number of thiazole rings is 1. The molecular formula is C24H25F3N6O4S. The average molecular weight is 551 g/mol. The van der Waals surface area contributed by atoms with E-state index in [1.807, 2.05) is 0 Å². The van der Waals surface area contributed by atoms with Gasteiger partial charge in [-0.15, -0.1) is 13.2 Å². The maximum absolute atomic E-state index is 12.6. The van der Waals surface area contributed by atoms with Crippen LogP contribution in [0.1, 0.15) is 31.1 Å². The van der Waals surface area contributed by atoms with E-state index in [4.69, 9.17) is 4.74 Å². The second-order valence-electron chi connectivity index (χ2n) is 9.20. The number of alkyl carbamates (subject to hydrolysis) is 1. The van der Waals surface area contributed by atoms with Crippen molar-refractivity contribution >= 4 is 55.7 Å². The lowest BCUT2D eigenvalue weighted by Crippen LogP contribution is -2.37. The topological polar surface area (TPSA) is 119 Å². The number of aryl methyl sites for hydroxylation is 1. The lowest BCUT2D eigenvalue weighted by atomic mass is 10.2. The van der Waals surface area contributed by atoms with Crippen molar-refractivity contribution in [2.24, 2.45) is 7.05 Å². The van der Waals surface area contributed by atoms with Gasteiger partial charge in [0.15, 0.2) is 5.13 Å². The van der Waals surface area contributed by atoms with Crippen LogP contribution in [0.5, 0.6) is 5.75 Å². The van der Waals surface area contributed by atoms with Gasteiger partial charge in [-0.1, -0.05) is 11.3 Å². The van der Waals surface area contributed by atoms with Crippen molar-refractivity contribution in [2.45, 2.75) is 32.7 Å². The molecule has 2 heterocycles. The third kappa shape index (κ3) is 6.82. The molecular weight excluding hydrogens is 525 g/mol. The molecule has 10 nitrogen and oxygen atoms in total. The van der Waals surface area contributed by atoms with Crippen LogP contribution >= 0.6 is 11.3 Å². The number of alkyl halides is 3. The van der Waals surface area contributed by atoms with Gasteiger partial charge in [0.1, 0.15) is 11.4 Å². The van der Waals surface area contributed by atoms with Crippen molar-refractivity contribution in [3.05, 3.63) is 42.0 Å². The maximum Gasteiger partial charge on any atom is 0.573 e. The number of ether oxygens (including phenoxy) is 2. The molecule has 0 aliphatic heterocycles. The molecule has 0 fully saturated rings. The van der Waals surface area contributed by atoms with Crippen molar-refractivity contribution < 1.29 is 32.2 Å². The van der Waals surface area contributed by atoms with Crippen molar-refractivity contribution in [1.82, 2.24) is 25.2 Å². The lowest BCUT2D eigenvalue weighted by Gasteiger charge is -2.19. The zero-order chi connectivity index (χ0) is 27.7. The molecule has 38 heavy (non-hydrogen) atoms. The summed E-state index contributed by atoms with van der Waals surface area (Å²) in [7, 11) is 1.78. The number of aromatic nitrogens is 3. The number of benzene rings is 2. The first-order chi connectivity index (χ1) is 17.8. The minimum absolute atomic E-state index is 0.201. The first kappa shape index (κ1) is 27.0. The number of hydrogen-bond acceptors (Lipinski definition) is 8. The van der Waals surface area contributed by atoms with E-state index in [9.17, 15) is 22.8 Å². The second-order valence-corrected chi connectivity index (χ2v) is 10.2. The minimum atomic E-state index is -4.78. The molecule has 202 valence electrons. The summed E-state index contributed by atoms with van der Waals surface area (Å²) in [5, 5.41) is 8.81. The van der Waals surface area contributed by atoms with Gasteiger partial charge in [-0.05, 0) is 51.1 Å². The molecule has 4 aromatic rings. The van der Waals surface area contributed by atoms with Crippen LogP contribution in [0.2, 0.25) is 0 Å². The van der Waals surface area contributed by atoms with Crippen LogP contribution in [-0.4, -0.2) is 51.6 Å². The quantitative estimate of drug-likeness (QED) is 0.275. The minimum Gasteiger partial charge on any atom is -0.444 e. The Morgan fingerprint density at radius 2 is 1.74 bits per heavy atom. The predicted octanol–water partition coefficient (Wildman–Crippen LogP) is 5.08. The zero-order valence-corrected chi connectivity index (χ0v) is 21.7. The van der Waals surface area contributed by atoms with Gasteiger partial charge >= 0.3 is 12.5 Å². The number of rotatable bonds is 7. The number of halogens is 3. The molecule has 0 radical (unpaired) electrons. The molecule has 2 aromatic carbocycles. The molecule has 0 saturated heterocycles. The van der Waals surface area contributed by atoms with Crippen LogP contribution < -0.4 is 20.7 Å². The monoisotopic (exact) mass is 550 g/mol. The summed E-state index contributed by atoms with van der Waals surface area (Å²) < 4.78 is 48.9. The molecule has 0 saturated carbocycles. The highest BCUT2D eigenvalue weighted by atomic mass is 32.1. The van der Waals surface area contributed by atoms with E-state index >= 15 is 0 Å². The summed E-state index contributed by atoms with van der Waals surface area (Å²) in [6.07, 6.45) is -5.34. The Morgan fingerprint density at radius 3 is 2.45 bits per heavy atom. The SMILES string of the molecule is Cn1c(Nc2nc3ccc(OC(F)(F)F)cc3s2)nc2cc(C(=O)NCCNC(=O)OC(C)(C)C)ccc21. The van der Waals surface area contributed by atoms with Gasteiger partial charge in [0.2, 0.25) is 5.95 Å². The van der Waals surface area contributed by atoms with Crippen LogP contribution in [-0.2, 0) is 11.8 Å². The van der Waals surface area contributed by atoms with Crippen molar-refractivity contribution in [3.8, 4) is 5.75 Å². The smallest absolute Gasteiger partial charge is 0.444 e. The van der Waals surface area contributed by atoms with Crippen LogP contribution in [0.25, 0.3) is 21.3 Å². The number of hydrogen-bond donors (Lipinski definition) is 3. The number of nitrogens with zero attached hydrogens (tertiary/aromatic N) is 3. The van der Waals surface area contributed by atoms with E-state index in [1.54, 1.807) is 50.6 Å². The number of amides is 2. The molecule has 0 aliphatic rings. The van der Waals surface area contributed by atoms with E-state index in [0.717, 1.165) is 16.9 Å². The first-order valence-electron chi connectivity index (χ1n) is 11.4. The Labute approximate surface area is 219 Å². The summed E-state index contributed by atoms with van der Waals surface area (Å²) in [5.74, 6) is -0.222. The van der Waals surface area contributed by atoms with Crippen LogP contribution in [0.3, 0.4) is 0 Å². The van der Waals surface area contributed by atoms with Crippen molar-refractivity contribution in [2.75, 3.05) is 18.4 Å². The molecule has 0 bridgehead atoms. The standard InChI is InChI=1S/C24H25F3N6O4S/c1-23(2,3)37-22(35)29-10-9-28-19(34)13-5-8-17-16(11-13)30-20(33(17)4)32-21-31-15-7-6-14(12-18(15)38-21)36-24(25,26)27/h5-8,11-12H,9-10H2,1-4H3,(H,28,34)(H,29,35)(H,30,31,32). The Kier molecular flexibility index (Phi) is 7.35. The Bertz CT molecular complexity index is 1490. The van der Waals surface area contributed by atoms with E-state index < -0.39 is 18.1 Å². The Hall–Kier alpha value is -4.07. The summed E-state index contributed by atoms with van der Waals surface area (Å²) in [6.45, 7) is 5.68. The summed E-state index contributed by atoms with van der Waals surface area (Å²) >= 11 is 1.15. The molecule has 0 unspecified atom stereocenters. The largest absolute Gasteiger partial charge is 0.573 e. The summed E-state index contributed by atoms with van der Waals surface area (Å²) in [6, 6.07) is 8.96. The van der Waals surface area contributed by atoms with E-state index in [-0.39, 0.29) is 24.7 Å². The number of nitrogens with one attached hydrogen (secondary N) is 3. The molecule has 0 atom stereocenters. The van der Waals surface area contributed by atoms with Crippen LogP contribution in [0.15, 0.2) is 36.4 Å². The van der Waals surface area contributed by atoms with Crippen molar-refractivity contribution in [1.29, 1.82) is 0 Å². The number of carbonyl (C=O) groups excluding carboxylic acids is 2. The van der Waals surface area contributed by atoms with Gasteiger partial charge in [-0.25, -0.2) is 14.8 Å². The lowest BCUT2D eigenvalue weighted by molar-refractivity contribution is -0.274. The fourth-order valence-electron chi connectivity index (χ4n) is 3.46. The van der Waals surface area contributed by atoms with Crippen molar-refractivity contribution in [3.63, 3.8) is 0 Å². The fourth-order valence-corrected chi connectivity index (χ4v) is 4.35. The van der Waals surface area contributed by atoms with E-state index in [2.05, 4.69) is 30.7 Å². The van der Waals surface area contributed by atoms with Gasteiger partial charge in [0.05, 0.1) is 21.3 Å². The fraction of sp³-hybridized carbons (Fsp3) is 0.333. The highest BCUT2D eigenvalue weighted by Crippen LogP contribution is 2.33. The van der Waals surface area contributed by atoms with Crippen LogP contribution in [0.4, 0.5) is 29.0 Å². The van der Waals surface area contributed by atoms with E-state index in [1.165, 1.54) is 18.2 Å². The molecule has 0 aliphatic carbocycles. The van der Waals surface area contributed by atoms with Gasteiger partial charge in [-0.2, -0.15) is 0 Å². The van der Waals surface area contributed by atoms with Gasteiger partial charge in [0.25, 0.3) is 5.91 Å². The highest BCUT2D eigenvalue weighted by molar-refractivity contribution is 7.22. The predicted molar refractivity (Wildman–Crippen MR) is 137 cm³/mol. The number of imidazole rings is 1.